The maximum atomic E-state index is 6.20. The molecule has 4 heteroatoms. The van der Waals surface area contributed by atoms with Crippen molar-refractivity contribution in [3.63, 3.8) is 0 Å². The molecule has 1 saturated carbocycles. The van der Waals surface area contributed by atoms with E-state index < -0.39 is 0 Å². The second kappa shape index (κ2) is 5.68. The number of nitrogens with two attached hydrogens (primary N) is 1. The summed E-state index contributed by atoms with van der Waals surface area (Å²) in [6, 6.07) is 0. The Labute approximate surface area is 121 Å². The molecule has 0 aromatic carbocycles. The van der Waals surface area contributed by atoms with Gasteiger partial charge in [0.15, 0.2) is 5.82 Å². The Kier molecular flexibility index (Phi) is 3.92. The Morgan fingerprint density at radius 3 is 2.55 bits per heavy atom. The van der Waals surface area contributed by atoms with E-state index in [4.69, 9.17) is 15.5 Å². The third kappa shape index (κ3) is 2.41. The van der Waals surface area contributed by atoms with E-state index in [0.717, 1.165) is 31.5 Å². The van der Waals surface area contributed by atoms with Crippen LogP contribution in [0, 0.1) is 0 Å². The van der Waals surface area contributed by atoms with Crippen LogP contribution in [0.2, 0.25) is 0 Å². The zero-order chi connectivity index (χ0) is 14.0. The third-order valence-corrected chi connectivity index (χ3v) is 4.70. The molecule has 1 aromatic heterocycles. The van der Waals surface area contributed by atoms with Gasteiger partial charge in [0.05, 0.1) is 0 Å². The van der Waals surface area contributed by atoms with Crippen LogP contribution in [-0.4, -0.2) is 16.6 Å². The Morgan fingerprint density at radius 2 is 1.80 bits per heavy atom. The van der Waals surface area contributed by atoms with Crippen LogP contribution >= 0.6 is 0 Å². The molecule has 4 nitrogen and oxygen atoms in total. The molecule has 0 spiro atoms. The number of anilines is 1. The van der Waals surface area contributed by atoms with Crippen molar-refractivity contribution in [1.29, 1.82) is 0 Å². The fourth-order valence-corrected chi connectivity index (χ4v) is 3.66. The standard InChI is InChI=1S/C16H25N3O/c1-2-20-16(10-6-3-7-11-16)15-18-13-9-5-4-8-12(13)14(17)19-15/h2-11H2,1H3,(H2,17,18,19). The number of fused-ring (bicyclic) bond motifs is 1. The average molecular weight is 275 g/mol. The van der Waals surface area contributed by atoms with Gasteiger partial charge >= 0.3 is 0 Å². The van der Waals surface area contributed by atoms with Crippen molar-refractivity contribution in [3.05, 3.63) is 17.1 Å². The minimum atomic E-state index is -0.284. The Hall–Kier alpha value is -1.16. The smallest absolute Gasteiger partial charge is 0.162 e. The summed E-state index contributed by atoms with van der Waals surface area (Å²) >= 11 is 0. The zero-order valence-corrected chi connectivity index (χ0v) is 12.5. The molecule has 0 atom stereocenters. The van der Waals surface area contributed by atoms with Crippen LogP contribution in [0.15, 0.2) is 0 Å². The molecule has 2 aliphatic carbocycles. The van der Waals surface area contributed by atoms with Crippen LogP contribution in [0.4, 0.5) is 5.82 Å². The third-order valence-electron chi connectivity index (χ3n) is 4.70. The van der Waals surface area contributed by atoms with Gasteiger partial charge < -0.3 is 10.5 Å². The van der Waals surface area contributed by atoms with Crippen molar-refractivity contribution in [2.45, 2.75) is 70.3 Å². The second-order valence-corrected chi connectivity index (χ2v) is 6.05. The van der Waals surface area contributed by atoms with Crippen molar-refractivity contribution >= 4 is 5.82 Å². The quantitative estimate of drug-likeness (QED) is 0.920. The Bertz CT molecular complexity index is 475. The topological polar surface area (TPSA) is 61.0 Å². The first-order chi connectivity index (χ1) is 9.75. The Morgan fingerprint density at radius 1 is 1.05 bits per heavy atom. The minimum absolute atomic E-state index is 0.284. The molecule has 1 fully saturated rings. The van der Waals surface area contributed by atoms with E-state index >= 15 is 0 Å². The summed E-state index contributed by atoms with van der Waals surface area (Å²) in [6.45, 7) is 2.76. The summed E-state index contributed by atoms with van der Waals surface area (Å²) in [5, 5.41) is 0. The van der Waals surface area contributed by atoms with Gasteiger partial charge in [0.1, 0.15) is 11.4 Å². The number of ether oxygens (including phenoxy) is 1. The van der Waals surface area contributed by atoms with Crippen LogP contribution in [0.5, 0.6) is 0 Å². The first-order valence-corrected chi connectivity index (χ1v) is 8.05. The lowest BCUT2D eigenvalue weighted by Crippen LogP contribution is -2.35. The normalized spacial score (nSPS) is 21.4. The molecule has 0 radical (unpaired) electrons. The molecule has 1 aromatic rings. The van der Waals surface area contributed by atoms with Gasteiger partial charge in [-0.3, -0.25) is 0 Å². The highest BCUT2D eigenvalue weighted by Crippen LogP contribution is 2.40. The zero-order valence-electron chi connectivity index (χ0n) is 12.5. The maximum absolute atomic E-state index is 6.20. The van der Waals surface area contributed by atoms with Gasteiger partial charge in [-0.15, -0.1) is 0 Å². The maximum Gasteiger partial charge on any atom is 0.162 e. The highest BCUT2D eigenvalue weighted by molar-refractivity contribution is 5.44. The molecular formula is C16H25N3O. The van der Waals surface area contributed by atoms with Gasteiger partial charge in [0.2, 0.25) is 0 Å². The molecule has 1 heterocycles. The van der Waals surface area contributed by atoms with Gasteiger partial charge in [-0.1, -0.05) is 19.3 Å². The summed E-state index contributed by atoms with van der Waals surface area (Å²) in [7, 11) is 0. The molecule has 110 valence electrons. The van der Waals surface area contributed by atoms with Crippen molar-refractivity contribution in [2.75, 3.05) is 12.3 Å². The molecule has 0 unspecified atom stereocenters. The van der Waals surface area contributed by atoms with Crippen molar-refractivity contribution in [3.8, 4) is 0 Å². The van der Waals surface area contributed by atoms with Crippen LogP contribution in [-0.2, 0) is 23.2 Å². The molecule has 0 saturated heterocycles. The van der Waals surface area contributed by atoms with E-state index in [1.807, 2.05) is 0 Å². The van der Waals surface area contributed by atoms with E-state index in [1.165, 1.54) is 43.4 Å². The number of nitrogens with zero attached hydrogens (tertiary/aromatic N) is 2. The van der Waals surface area contributed by atoms with Gasteiger partial charge in [0.25, 0.3) is 0 Å². The predicted octanol–water partition coefficient (Wildman–Crippen LogP) is 3.13. The van der Waals surface area contributed by atoms with E-state index in [0.29, 0.717) is 12.4 Å². The van der Waals surface area contributed by atoms with Crippen molar-refractivity contribution < 1.29 is 4.74 Å². The largest absolute Gasteiger partial charge is 0.383 e. The lowest BCUT2D eigenvalue weighted by molar-refractivity contribution is -0.0767. The predicted molar refractivity (Wildman–Crippen MR) is 79.5 cm³/mol. The number of nitrogen functional groups attached to an aromatic ring is 1. The molecule has 3 rings (SSSR count). The average Bonchev–Trinajstić information content (AvgIpc) is 2.48. The van der Waals surface area contributed by atoms with Gasteiger partial charge in [-0.05, 0) is 45.4 Å². The fraction of sp³-hybridized carbons (Fsp3) is 0.750. The molecule has 2 N–H and O–H groups in total. The monoisotopic (exact) mass is 275 g/mol. The summed E-state index contributed by atoms with van der Waals surface area (Å²) in [6.07, 6.45) is 10.2. The van der Waals surface area contributed by atoms with Gasteiger partial charge in [0, 0.05) is 17.9 Å². The number of hydrogen-bond donors (Lipinski definition) is 1. The number of rotatable bonds is 3. The molecular weight excluding hydrogens is 250 g/mol. The molecule has 0 bridgehead atoms. The fourth-order valence-electron chi connectivity index (χ4n) is 3.66. The van der Waals surface area contributed by atoms with E-state index in [-0.39, 0.29) is 5.60 Å². The lowest BCUT2D eigenvalue weighted by Gasteiger charge is -2.36. The molecule has 0 amide bonds. The SMILES string of the molecule is CCOC1(c2nc(N)c3c(n2)CCCC3)CCCCC1. The molecule has 2 aliphatic rings. The molecule has 20 heavy (non-hydrogen) atoms. The van der Waals surface area contributed by atoms with Crippen molar-refractivity contribution in [1.82, 2.24) is 9.97 Å². The summed E-state index contributed by atoms with van der Waals surface area (Å²) in [4.78, 5) is 9.52. The van der Waals surface area contributed by atoms with Gasteiger partial charge in [-0.2, -0.15) is 0 Å². The van der Waals surface area contributed by atoms with Crippen LogP contribution in [0.25, 0.3) is 0 Å². The Balaban J connectivity index is 2.00. The molecule has 0 aliphatic heterocycles. The minimum Gasteiger partial charge on any atom is -0.383 e. The number of hydrogen-bond acceptors (Lipinski definition) is 4. The number of aromatic nitrogens is 2. The van der Waals surface area contributed by atoms with E-state index in [2.05, 4.69) is 11.9 Å². The second-order valence-electron chi connectivity index (χ2n) is 6.05. The van der Waals surface area contributed by atoms with Crippen LogP contribution in [0.3, 0.4) is 0 Å². The first-order valence-electron chi connectivity index (χ1n) is 8.05. The van der Waals surface area contributed by atoms with Crippen LogP contribution < -0.4 is 5.73 Å². The van der Waals surface area contributed by atoms with Crippen LogP contribution in [0.1, 0.15) is 69.0 Å². The highest BCUT2D eigenvalue weighted by Gasteiger charge is 2.38. The summed E-state index contributed by atoms with van der Waals surface area (Å²) in [5.74, 6) is 1.53. The lowest BCUT2D eigenvalue weighted by atomic mass is 9.83. The van der Waals surface area contributed by atoms with Crippen molar-refractivity contribution in [2.24, 2.45) is 0 Å². The summed E-state index contributed by atoms with van der Waals surface area (Å²) in [5.41, 5.74) is 8.27. The van der Waals surface area contributed by atoms with E-state index in [9.17, 15) is 0 Å². The summed E-state index contributed by atoms with van der Waals surface area (Å²) < 4.78 is 6.12. The number of aryl methyl sites for hydroxylation is 1. The van der Waals surface area contributed by atoms with Gasteiger partial charge in [-0.25, -0.2) is 9.97 Å². The first kappa shape index (κ1) is 13.8. The van der Waals surface area contributed by atoms with E-state index in [1.54, 1.807) is 0 Å². The highest BCUT2D eigenvalue weighted by atomic mass is 16.5.